The van der Waals surface area contributed by atoms with Crippen LogP contribution in [0.5, 0.6) is 0 Å². The van der Waals surface area contributed by atoms with Gasteiger partial charge in [-0.2, -0.15) is 5.10 Å². The third-order valence-electron chi connectivity index (χ3n) is 3.27. The molecular formula is C15H15FN4. The molecule has 0 aliphatic carbocycles. The average molecular weight is 270 g/mol. The number of hydrogen-bond donors (Lipinski definition) is 2. The zero-order valence-corrected chi connectivity index (χ0v) is 11.2. The van der Waals surface area contributed by atoms with Gasteiger partial charge in [0.2, 0.25) is 0 Å². The molecule has 5 heteroatoms. The summed E-state index contributed by atoms with van der Waals surface area (Å²) < 4.78 is 12.8. The van der Waals surface area contributed by atoms with E-state index in [2.05, 4.69) is 20.5 Å². The highest BCUT2D eigenvalue weighted by Gasteiger charge is 2.07. The topological polar surface area (TPSA) is 53.6 Å². The van der Waals surface area contributed by atoms with E-state index in [1.165, 1.54) is 12.1 Å². The fourth-order valence-corrected chi connectivity index (χ4v) is 2.22. The fraction of sp³-hybridized carbons (Fsp3) is 0.200. The first-order valence-corrected chi connectivity index (χ1v) is 6.52. The Bertz CT molecular complexity index is 718. The van der Waals surface area contributed by atoms with Crippen molar-refractivity contribution in [3.05, 3.63) is 53.6 Å². The van der Waals surface area contributed by atoms with Gasteiger partial charge in [-0.1, -0.05) is 12.1 Å². The van der Waals surface area contributed by atoms with E-state index in [0.29, 0.717) is 0 Å². The lowest BCUT2D eigenvalue weighted by Gasteiger charge is -2.07. The second-order valence-electron chi connectivity index (χ2n) is 4.71. The molecule has 0 bridgehead atoms. The van der Waals surface area contributed by atoms with Gasteiger partial charge in [0.25, 0.3) is 0 Å². The molecule has 102 valence electrons. The number of hydrogen-bond acceptors (Lipinski definition) is 3. The largest absolute Gasteiger partial charge is 0.369 e. The van der Waals surface area contributed by atoms with Crippen LogP contribution in [0.1, 0.15) is 11.3 Å². The third kappa shape index (κ3) is 2.47. The highest BCUT2D eigenvalue weighted by atomic mass is 19.1. The quantitative estimate of drug-likeness (QED) is 0.766. The lowest BCUT2D eigenvalue weighted by Crippen LogP contribution is -2.06. The van der Waals surface area contributed by atoms with Gasteiger partial charge >= 0.3 is 0 Å². The van der Waals surface area contributed by atoms with Gasteiger partial charge in [-0.25, -0.2) is 9.37 Å². The minimum atomic E-state index is -0.206. The Hall–Kier alpha value is -2.43. The van der Waals surface area contributed by atoms with Gasteiger partial charge in [-0.15, -0.1) is 0 Å². The number of anilines is 1. The summed E-state index contributed by atoms with van der Waals surface area (Å²) in [6, 6.07) is 8.44. The molecule has 0 atom stereocenters. The van der Waals surface area contributed by atoms with E-state index in [4.69, 9.17) is 0 Å². The number of nitrogens with zero attached hydrogens (tertiary/aromatic N) is 2. The Morgan fingerprint density at radius 2 is 2.00 bits per heavy atom. The maximum absolute atomic E-state index is 12.8. The number of rotatable bonds is 4. The van der Waals surface area contributed by atoms with Crippen LogP contribution in [0.3, 0.4) is 0 Å². The molecule has 3 aromatic rings. The fourth-order valence-electron chi connectivity index (χ4n) is 2.22. The second-order valence-corrected chi connectivity index (χ2v) is 4.71. The third-order valence-corrected chi connectivity index (χ3v) is 3.27. The Morgan fingerprint density at radius 3 is 2.80 bits per heavy atom. The van der Waals surface area contributed by atoms with Gasteiger partial charge in [0.15, 0.2) is 0 Å². The Morgan fingerprint density at radius 1 is 1.20 bits per heavy atom. The summed E-state index contributed by atoms with van der Waals surface area (Å²) in [4.78, 5) is 4.35. The van der Waals surface area contributed by atoms with Crippen LogP contribution in [-0.4, -0.2) is 21.7 Å². The molecule has 0 unspecified atom stereocenters. The first-order valence-electron chi connectivity index (χ1n) is 6.52. The van der Waals surface area contributed by atoms with Crippen LogP contribution in [0.25, 0.3) is 10.9 Å². The van der Waals surface area contributed by atoms with Crippen molar-refractivity contribution >= 4 is 16.7 Å². The number of benzene rings is 1. The Kier molecular flexibility index (Phi) is 3.33. The SMILES string of the molecule is Cc1[nH]nc2ccnc(NCCc3ccc(F)cc3)c12. The van der Waals surface area contributed by atoms with Crippen LogP contribution >= 0.6 is 0 Å². The summed E-state index contributed by atoms with van der Waals surface area (Å²) in [6.07, 6.45) is 2.55. The lowest BCUT2D eigenvalue weighted by atomic mass is 10.1. The Balaban J connectivity index is 1.71. The monoisotopic (exact) mass is 270 g/mol. The number of fused-ring (bicyclic) bond motifs is 1. The summed E-state index contributed by atoms with van der Waals surface area (Å²) >= 11 is 0. The van der Waals surface area contributed by atoms with Crippen molar-refractivity contribution in [3.8, 4) is 0 Å². The molecule has 0 radical (unpaired) electrons. The summed E-state index contributed by atoms with van der Waals surface area (Å²) in [5.74, 6) is 0.623. The smallest absolute Gasteiger partial charge is 0.137 e. The molecule has 2 N–H and O–H groups in total. The van der Waals surface area contributed by atoms with Gasteiger partial charge in [-0.05, 0) is 37.1 Å². The van der Waals surface area contributed by atoms with E-state index >= 15 is 0 Å². The van der Waals surface area contributed by atoms with Crippen LogP contribution in [0.2, 0.25) is 0 Å². The second kappa shape index (κ2) is 5.28. The zero-order valence-electron chi connectivity index (χ0n) is 11.2. The average Bonchev–Trinajstić information content (AvgIpc) is 2.84. The van der Waals surface area contributed by atoms with Gasteiger partial charge in [0.05, 0.1) is 10.9 Å². The summed E-state index contributed by atoms with van der Waals surface area (Å²) in [5.41, 5.74) is 2.99. The molecule has 0 aliphatic rings. The van der Waals surface area contributed by atoms with Gasteiger partial charge < -0.3 is 5.32 Å². The van der Waals surface area contributed by atoms with Crippen molar-refractivity contribution < 1.29 is 4.39 Å². The molecule has 3 rings (SSSR count). The molecule has 4 nitrogen and oxygen atoms in total. The molecule has 0 saturated heterocycles. The molecule has 20 heavy (non-hydrogen) atoms. The summed E-state index contributed by atoms with van der Waals surface area (Å²) in [6.45, 7) is 2.71. The van der Waals surface area contributed by atoms with Crippen molar-refractivity contribution in [3.63, 3.8) is 0 Å². The molecule has 0 amide bonds. The molecule has 2 heterocycles. The number of H-pyrrole nitrogens is 1. The van der Waals surface area contributed by atoms with Crippen LogP contribution in [0, 0.1) is 12.7 Å². The number of pyridine rings is 1. The molecule has 0 fully saturated rings. The number of nitrogens with one attached hydrogen (secondary N) is 2. The van der Waals surface area contributed by atoms with E-state index in [-0.39, 0.29) is 5.82 Å². The van der Waals surface area contributed by atoms with Crippen LogP contribution < -0.4 is 5.32 Å². The normalized spacial score (nSPS) is 10.9. The van der Waals surface area contributed by atoms with Crippen molar-refractivity contribution in [1.29, 1.82) is 0 Å². The minimum absolute atomic E-state index is 0.206. The zero-order chi connectivity index (χ0) is 13.9. The molecular weight excluding hydrogens is 255 g/mol. The lowest BCUT2D eigenvalue weighted by molar-refractivity contribution is 0.627. The molecule has 2 aromatic heterocycles. The Labute approximate surface area is 116 Å². The van der Waals surface area contributed by atoms with Gasteiger partial charge in [-0.3, -0.25) is 5.10 Å². The number of aryl methyl sites for hydroxylation is 1. The van der Waals surface area contributed by atoms with Crippen LogP contribution in [0.15, 0.2) is 36.5 Å². The molecule has 0 saturated carbocycles. The van der Waals surface area contributed by atoms with Crippen LogP contribution in [-0.2, 0) is 6.42 Å². The molecule has 1 aromatic carbocycles. The van der Waals surface area contributed by atoms with E-state index in [1.54, 1.807) is 18.3 Å². The van der Waals surface area contributed by atoms with Crippen molar-refractivity contribution in [2.75, 3.05) is 11.9 Å². The first kappa shape index (κ1) is 12.6. The summed E-state index contributed by atoms with van der Waals surface area (Å²) in [7, 11) is 0. The molecule has 0 spiro atoms. The predicted octanol–water partition coefficient (Wildman–Crippen LogP) is 3.06. The predicted molar refractivity (Wildman–Crippen MR) is 77.2 cm³/mol. The van der Waals surface area contributed by atoms with Crippen molar-refractivity contribution in [1.82, 2.24) is 15.2 Å². The number of halogens is 1. The molecule has 0 aliphatic heterocycles. The summed E-state index contributed by atoms with van der Waals surface area (Å²) in [5, 5.41) is 11.5. The highest BCUT2D eigenvalue weighted by Crippen LogP contribution is 2.22. The van der Waals surface area contributed by atoms with Crippen molar-refractivity contribution in [2.24, 2.45) is 0 Å². The van der Waals surface area contributed by atoms with Crippen molar-refractivity contribution in [2.45, 2.75) is 13.3 Å². The van der Waals surface area contributed by atoms with Gasteiger partial charge in [0.1, 0.15) is 11.6 Å². The first-order chi connectivity index (χ1) is 9.74. The number of aromatic nitrogens is 3. The minimum Gasteiger partial charge on any atom is -0.369 e. The maximum Gasteiger partial charge on any atom is 0.137 e. The maximum atomic E-state index is 12.8. The van der Waals surface area contributed by atoms with Gasteiger partial charge in [0, 0.05) is 18.4 Å². The van der Waals surface area contributed by atoms with E-state index < -0.39 is 0 Å². The van der Waals surface area contributed by atoms with Crippen LogP contribution in [0.4, 0.5) is 10.2 Å². The van der Waals surface area contributed by atoms with E-state index in [0.717, 1.165) is 40.9 Å². The highest BCUT2D eigenvalue weighted by molar-refractivity contribution is 5.91. The standard InChI is InChI=1S/C15H15FN4/c1-10-14-13(20-19-10)7-9-18-15(14)17-8-6-11-2-4-12(16)5-3-11/h2-5,7,9H,6,8H2,1H3,(H,17,18)(H,19,20). The van der Waals surface area contributed by atoms with E-state index in [9.17, 15) is 4.39 Å². The van der Waals surface area contributed by atoms with E-state index in [1.807, 2.05) is 13.0 Å². The number of aromatic amines is 1.